The second-order valence-electron chi connectivity index (χ2n) is 10.6. The molecule has 5 aromatic rings. The second-order valence-corrected chi connectivity index (χ2v) is 12.8. The van der Waals surface area contributed by atoms with E-state index in [1.807, 2.05) is 50.4 Å². The van der Waals surface area contributed by atoms with E-state index in [-0.39, 0.29) is 24.4 Å². The van der Waals surface area contributed by atoms with Crippen molar-refractivity contribution in [2.75, 3.05) is 5.32 Å². The van der Waals surface area contributed by atoms with Gasteiger partial charge in [-0.05, 0) is 66.8 Å². The number of ether oxygens (including phenoxy) is 1. The van der Waals surface area contributed by atoms with Gasteiger partial charge in [0, 0.05) is 22.0 Å². The van der Waals surface area contributed by atoms with Crippen LogP contribution >= 0.6 is 22.9 Å². The van der Waals surface area contributed by atoms with E-state index in [0.717, 1.165) is 27.2 Å². The van der Waals surface area contributed by atoms with Crippen LogP contribution < -0.4 is 15.4 Å². The summed E-state index contributed by atoms with van der Waals surface area (Å²) in [6.45, 7) is 6.16. The Kier molecular flexibility index (Phi) is 10.2. The predicted molar refractivity (Wildman–Crippen MR) is 176 cm³/mol. The highest BCUT2D eigenvalue weighted by atomic mass is 35.5. The Hall–Kier alpha value is -3.90. The standard InChI is InChI=1S/C32H31ClFN5O3S2/c1-4-26(38-30(44(40)41)12-19(2)3)32-39-28(17-43-32)21-8-10-27-24(14-21)31(36-18-35-27)37-23-9-11-29(25(33)15-23)42-16-20-6-5-7-22(34)13-20/h5-11,13-15,17-19,26,38H,4,12,16H2,1-3H3,(H,35,36,37). The van der Waals surface area contributed by atoms with E-state index in [0.29, 0.717) is 45.7 Å². The van der Waals surface area contributed by atoms with Gasteiger partial charge in [0.2, 0.25) is 10.3 Å². The van der Waals surface area contributed by atoms with Gasteiger partial charge in [0.15, 0.2) is 0 Å². The van der Waals surface area contributed by atoms with Gasteiger partial charge in [-0.25, -0.2) is 19.3 Å². The molecule has 8 nitrogen and oxygen atoms in total. The Morgan fingerprint density at radius 3 is 2.66 bits per heavy atom. The fraction of sp³-hybridized carbons (Fsp3) is 0.250. The molecule has 3 aromatic carbocycles. The summed E-state index contributed by atoms with van der Waals surface area (Å²) in [6.07, 6.45) is 2.62. The van der Waals surface area contributed by atoms with Crippen LogP contribution in [0.15, 0.2) is 72.4 Å². The number of rotatable bonds is 11. The first-order chi connectivity index (χ1) is 21.2. The average Bonchev–Trinajstić information content (AvgIpc) is 3.49. The number of nitrogens with zero attached hydrogens (tertiary/aromatic N) is 3. The minimum Gasteiger partial charge on any atom is -0.487 e. The highest BCUT2D eigenvalue weighted by Crippen LogP contribution is 2.33. The molecule has 0 saturated heterocycles. The quantitative estimate of drug-likeness (QED) is 0.139. The smallest absolute Gasteiger partial charge is 0.228 e. The number of anilines is 2. The Bertz CT molecular complexity index is 1920. The SMILES string of the molecule is CCC(NC(CC(C)C)=S(=O)=O)c1nc(-c2ccc3ncnc(Nc4ccc(OCc5cccc(F)c5)c(Cl)c4)c3c2)cs1. The third-order valence-corrected chi connectivity index (χ3v) is 8.71. The fourth-order valence-corrected chi connectivity index (χ4v) is 6.50. The van der Waals surface area contributed by atoms with Crippen LogP contribution in [0.2, 0.25) is 5.02 Å². The Labute approximate surface area is 265 Å². The average molecular weight is 652 g/mol. The van der Waals surface area contributed by atoms with Gasteiger partial charge in [-0.1, -0.05) is 50.6 Å². The van der Waals surface area contributed by atoms with Gasteiger partial charge in [-0.3, -0.25) is 5.32 Å². The molecule has 0 amide bonds. The Balaban J connectivity index is 1.35. The number of aromatic nitrogens is 3. The van der Waals surface area contributed by atoms with E-state index in [4.69, 9.17) is 21.3 Å². The first-order valence-corrected chi connectivity index (χ1v) is 16.4. The van der Waals surface area contributed by atoms with Crippen LogP contribution in [0.5, 0.6) is 5.75 Å². The summed E-state index contributed by atoms with van der Waals surface area (Å²) in [5, 5.41) is 10.5. The van der Waals surface area contributed by atoms with Crippen LogP contribution in [0.1, 0.15) is 50.2 Å². The van der Waals surface area contributed by atoms with Crippen molar-refractivity contribution in [1.29, 1.82) is 0 Å². The first-order valence-electron chi connectivity index (χ1n) is 14.1. The molecule has 2 aromatic heterocycles. The first kappa shape index (κ1) is 31.5. The fourth-order valence-electron chi connectivity index (χ4n) is 4.59. The van der Waals surface area contributed by atoms with E-state index >= 15 is 0 Å². The lowest BCUT2D eigenvalue weighted by Crippen LogP contribution is -2.29. The molecule has 44 heavy (non-hydrogen) atoms. The number of thiazole rings is 1. The summed E-state index contributed by atoms with van der Waals surface area (Å²) in [5.41, 5.74) is 3.81. The van der Waals surface area contributed by atoms with Crippen molar-refractivity contribution in [2.45, 2.75) is 46.3 Å². The highest BCUT2D eigenvalue weighted by molar-refractivity contribution is 7.72. The van der Waals surface area contributed by atoms with Crippen molar-refractivity contribution >= 4 is 60.6 Å². The van der Waals surface area contributed by atoms with Crippen molar-refractivity contribution in [3.05, 3.63) is 93.8 Å². The van der Waals surface area contributed by atoms with Gasteiger partial charge in [-0.15, -0.1) is 11.3 Å². The molecule has 2 heterocycles. The predicted octanol–water partition coefficient (Wildman–Crippen LogP) is 7.96. The molecule has 0 aliphatic carbocycles. The number of benzene rings is 3. The number of hydrogen-bond donors (Lipinski definition) is 2. The van der Waals surface area contributed by atoms with Crippen LogP contribution in [0.3, 0.4) is 0 Å². The summed E-state index contributed by atoms with van der Waals surface area (Å²) in [6, 6.07) is 17.2. The molecule has 5 rings (SSSR count). The van der Waals surface area contributed by atoms with E-state index in [2.05, 4.69) is 20.6 Å². The second kappa shape index (κ2) is 14.3. The third kappa shape index (κ3) is 7.78. The molecule has 0 fully saturated rings. The molecule has 0 aliphatic rings. The summed E-state index contributed by atoms with van der Waals surface area (Å²) in [7, 11) is -2.31. The summed E-state index contributed by atoms with van der Waals surface area (Å²) in [5.74, 6) is 0.955. The summed E-state index contributed by atoms with van der Waals surface area (Å²) in [4.78, 5) is 14.0. The molecule has 1 atom stereocenters. The maximum atomic E-state index is 13.5. The molecular weight excluding hydrogens is 621 g/mol. The Morgan fingerprint density at radius 1 is 1.09 bits per heavy atom. The van der Waals surface area contributed by atoms with Crippen molar-refractivity contribution in [3.8, 4) is 17.0 Å². The minimum atomic E-state index is -2.31. The van der Waals surface area contributed by atoms with E-state index in [9.17, 15) is 12.8 Å². The maximum absolute atomic E-state index is 13.5. The topological polar surface area (TPSA) is 106 Å². The molecular formula is C32H31ClFN5O3S2. The number of nitrogens with one attached hydrogen (secondary N) is 2. The Morgan fingerprint density at radius 2 is 1.93 bits per heavy atom. The molecule has 1 unspecified atom stereocenters. The van der Waals surface area contributed by atoms with Crippen LogP contribution in [-0.2, 0) is 16.9 Å². The normalized spacial score (nSPS) is 12.0. The monoisotopic (exact) mass is 651 g/mol. The third-order valence-electron chi connectivity index (χ3n) is 6.77. The zero-order valence-electron chi connectivity index (χ0n) is 24.3. The summed E-state index contributed by atoms with van der Waals surface area (Å²) < 4.78 is 42.9. The van der Waals surface area contributed by atoms with Gasteiger partial charge >= 0.3 is 0 Å². The van der Waals surface area contributed by atoms with Gasteiger partial charge in [0.05, 0.1) is 22.3 Å². The lowest BCUT2D eigenvalue weighted by atomic mass is 10.1. The van der Waals surface area contributed by atoms with Crippen LogP contribution in [0.25, 0.3) is 22.2 Å². The lowest BCUT2D eigenvalue weighted by Gasteiger charge is -2.15. The van der Waals surface area contributed by atoms with Crippen molar-refractivity contribution in [1.82, 2.24) is 20.3 Å². The van der Waals surface area contributed by atoms with Crippen molar-refractivity contribution < 1.29 is 17.5 Å². The molecule has 0 bridgehead atoms. The number of halogens is 2. The maximum Gasteiger partial charge on any atom is 0.228 e. The summed E-state index contributed by atoms with van der Waals surface area (Å²) >= 11 is 8.00. The van der Waals surface area contributed by atoms with Gasteiger partial charge in [0.1, 0.15) is 40.3 Å². The van der Waals surface area contributed by atoms with Crippen LogP contribution in [0.4, 0.5) is 15.9 Å². The minimum absolute atomic E-state index is 0.187. The van der Waals surface area contributed by atoms with E-state index in [1.54, 1.807) is 24.3 Å². The van der Waals surface area contributed by atoms with Crippen LogP contribution in [0, 0.1) is 11.7 Å². The van der Waals surface area contributed by atoms with E-state index in [1.165, 1.54) is 29.8 Å². The number of fused-ring (bicyclic) bond motifs is 1. The zero-order chi connectivity index (χ0) is 31.2. The van der Waals surface area contributed by atoms with Gasteiger partial charge in [-0.2, -0.15) is 8.42 Å². The molecule has 0 spiro atoms. The van der Waals surface area contributed by atoms with Crippen molar-refractivity contribution in [3.63, 3.8) is 0 Å². The van der Waals surface area contributed by atoms with Gasteiger partial charge < -0.3 is 10.1 Å². The largest absolute Gasteiger partial charge is 0.487 e. The molecule has 228 valence electrons. The molecule has 12 heteroatoms. The van der Waals surface area contributed by atoms with Gasteiger partial charge in [0.25, 0.3) is 0 Å². The lowest BCUT2D eigenvalue weighted by molar-refractivity contribution is 0.306. The molecule has 2 N–H and O–H groups in total. The van der Waals surface area contributed by atoms with Crippen LogP contribution in [-0.4, -0.2) is 28.4 Å². The molecule has 0 aliphatic heterocycles. The molecule has 0 saturated carbocycles. The van der Waals surface area contributed by atoms with Crippen molar-refractivity contribution in [2.24, 2.45) is 5.92 Å². The molecule has 0 radical (unpaired) electrons. The highest BCUT2D eigenvalue weighted by Gasteiger charge is 2.18. The zero-order valence-corrected chi connectivity index (χ0v) is 26.7. The van der Waals surface area contributed by atoms with E-state index < -0.39 is 10.3 Å². The number of hydrogen-bond acceptors (Lipinski definition) is 8.